The van der Waals surface area contributed by atoms with Gasteiger partial charge < -0.3 is 15.4 Å². The van der Waals surface area contributed by atoms with Gasteiger partial charge in [-0.1, -0.05) is 12.1 Å². The van der Waals surface area contributed by atoms with E-state index < -0.39 is 0 Å². The Morgan fingerprint density at radius 1 is 1.15 bits per heavy atom. The second-order valence-electron chi connectivity index (χ2n) is 4.92. The molecule has 2 heterocycles. The number of pyridine rings is 1. The first kappa shape index (κ1) is 12.5. The van der Waals surface area contributed by atoms with Crippen molar-refractivity contribution in [2.24, 2.45) is 0 Å². The van der Waals surface area contributed by atoms with Crippen LogP contribution in [0.3, 0.4) is 0 Å². The summed E-state index contributed by atoms with van der Waals surface area (Å²) in [7, 11) is 0. The lowest BCUT2D eigenvalue weighted by molar-refractivity contribution is 0.461. The molecule has 0 atom stereocenters. The highest BCUT2D eigenvalue weighted by Crippen LogP contribution is 2.24. The third-order valence-electron chi connectivity index (χ3n) is 3.41. The van der Waals surface area contributed by atoms with E-state index in [9.17, 15) is 5.11 Å². The number of fused-ring (bicyclic) bond motifs is 1. The Labute approximate surface area is 116 Å². The van der Waals surface area contributed by atoms with Gasteiger partial charge in [0.2, 0.25) is 5.95 Å². The lowest BCUT2D eigenvalue weighted by Crippen LogP contribution is -2.06. The Balaban J connectivity index is 2.13. The molecule has 3 N–H and O–H groups in total. The molecule has 0 bridgehead atoms. The molecule has 0 saturated heterocycles. The molecule has 20 heavy (non-hydrogen) atoms. The molecule has 5 heteroatoms. The number of nitrogens with zero attached hydrogens (tertiary/aromatic N) is 3. The van der Waals surface area contributed by atoms with Crippen molar-refractivity contribution in [3.63, 3.8) is 0 Å². The van der Waals surface area contributed by atoms with Crippen LogP contribution in [0.1, 0.15) is 17.0 Å². The lowest BCUT2D eigenvalue weighted by atomic mass is 10.2. The van der Waals surface area contributed by atoms with E-state index in [1.54, 1.807) is 12.1 Å². The molecule has 0 saturated carbocycles. The van der Waals surface area contributed by atoms with Crippen molar-refractivity contribution in [1.29, 1.82) is 0 Å². The first-order valence-electron chi connectivity index (χ1n) is 6.43. The van der Waals surface area contributed by atoms with Crippen LogP contribution >= 0.6 is 0 Å². The second-order valence-corrected chi connectivity index (χ2v) is 4.92. The maximum Gasteiger partial charge on any atom is 0.201 e. The van der Waals surface area contributed by atoms with Crippen LogP contribution in [-0.2, 0) is 6.54 Å². The standard InChI is InChI=1S/C15H16N4O/c1-9-4-3-5-12-14(9)18-15(16)19(12)8-11-13(20)7-6-10(2)17-11/h3-7,20H,8H2,1-2H3,(H2,16,18). The summed E-state index contributed by atoms with van der Waals surface area (Å²) in [5.41, 5.74) is 10.4. The van der Waals surface area contributed by atoms with Crippen LogP contribution in [0.15, 0.2) is 30.3 Å². The first-order valence-corrected chi connectivity index (χ1v) is 6.43. The zero-order valence-electron chi connectivity index (χ0n) is 11.5. The number of aryl methyl sites for hydroxylation is 2. The Kier molecular flexibility index (Phi) is 2.82. The van der Waals surface area contributed by atoms with E-state index >= 15 is 0 Å². The van der Waals surface area contributed by atoms with Gasteiger partial charge in [0.05, 0.1) is 17.6 Å². The summed E-state index contributed by atoms with van der Waals surface area (Å²) < 4.78 is 1.86. The number of rotatable bonds is 2. The van der Waals surface area contributed by atoms with Crippen LogP contribution in [0.4, 0.5) is 5.95 Å². The molecule has 5 nitrogen and oxygen atoms in total. The molecular weight excluding hydrogens is 252 g/mol. The average molecular weight is 268 g/mol. The van der Waals surface area contributed by atoms with E-state index in [0.29, 0.717) is 18.2 Å². The number of aromatic nitrogens is 3. The van der Waals surface area contributed by atoms with Gasteiger partial charge in [-0.15, -0.1) is 0 Å². The van der Waals surface area contributed by atoms with Crippen molar-refractivity contribution in [1.82, 2.24) is 14.5 Å². The van der Waals surface area contributed by atoms with Crippen molar-refractivity contribution < 1.29 is 5.11 Å². The molecule has 0 spiro atoms. The molecule has 0 unspecified atom stereocenters. The Hall–Kier alpha value is -2.56. The first-order chi connectivity index (χ1) is 9.56. The fraction of sp³-hybridized carbons (Fsp3) is 0.200. The molecule has 3 rings (SSSR count). The third-order valence-corrected chi connectivity index (χ3v) is 3.41. The van der Waals surface area contributed by atoms with Gasteiger partial charge in [-0.25, -0.2) is 4.98 Å². The molecule has 102 valence electrons. The van der Waals surface area contributed by atoms with Gasteiger partial charge >= 0.3 is 0 Å². The van der Waals surface area contributed by atoms with Gasteiger partial charge in [-0.3, -0.25) is 4.98 Å². The van der Waals surface area contributed by atoms with E-state index in [-0.39, 0.29) is 5.75 Å². The van der Waals surface area contributed by atoms with Crippen LogP contribution in [0.25, 0.3) is 11.0 Å². The molecule has 3 aromatic rings. The van der Waals surface area contributed by atoms with Gasteiger partial charge in [0, 0.05) is 5.69 Å². The number of hydrogen-bond donors (Lipinski definition) is 2. The molecule has 2 aromatic heterocycles. The molecule has 1 aromatic carbocycles. The second kappa shape index (κ2) is 4.52. The molecular formula is C15H16N4O. The minimum absolute atomic E-state index is 0.171. The molecule has 0 fully saturated rings. The average Bonchev–Trinajstić information content (AvgIpc) is 2.73. The summed E-state index contributed by atoms with van der Waals surface area (Å²) in [6.45, 7) is 4.29. The molecule has 0 amide bonds. The molecule has 0 aliphatic heterocycles. The maximum absolute atomic E-state index is 9.91. The zero-order valence-corrected chi connectivity index (χ0v) is 11.5. The van der Waals surface area contributed by atoms with Gasteiger partial charge in [0.15, 0.2) is 0 Å². The van der Waals surface area contributed by atoms with Crippen LogP contribution in [0, 0.1) is 13.8 Å². The van der Waals surface area contributed by atoms with E-state index in [1.165, 1.54) is 0 Å². The molecule has 0 radical (unpaired) electrons. The minimum Gasteiger partial charge on any atom is -0.506 e. The molecule has 0 aliphatic carbocycles. The van der Waals surface area contributed by atoms with Crippen molar-refractivity contribution >= 4 is 17.0 Å². The van der Waals surface area contributed by atoms with Crippen molar-refractivity contribution in [2.75, 3.05) is 5.73 Å². The Bertz CT molecular complexity index is 792. The zero-order chi connectivity index (χ0) is 14.3. The number of anilines is 1. The predicted molar refractivity (Wildman–Crippen MR) is 78.6 cm³/mol. The Morgan fingerprint density at radius 2 is 1.95 bits per heavy atom. The number of hydrogen-bond acceptors (Lipinski definition) is 4. The van der Waals surface area contributed by atoms with E-state index in [4.69, 9.17) is 5.73 Å². The Morgan fingerprint density at radius 3 is 2.75 bits per heavy atom. The van der Waals surface area contributed by atoms with Crippen molar-refractivity contribution in [3.8, 4) is 5.75 Å². The minimum atomic E-state index is 0.171. The number of imidazole rings is 1. The highest BCUT2D eigenvalue weighted by atomic mass is 16.3. The number of nitrogens with two attached hydrogens (primary N) is 1. The highest BCUT2D eigenvalue weighted by Gasteiger charge is 2.12. The van der Waals surface area contributed by atoms with Gasteiger partial charge in [-0.2, -0.15) is 0 Å². The smallest absolute Gasteiger partial charge is 0.201 e. The summed E-state index contributed by atoms with van der Waals surface area (Å²) in [6.07, 6.45) is 0. The monoisotopic (exact) mass is 268 g/mol. The van der Waals surface area contributed by atoms with E-state index in [0.717, 1.165) is 22.3 Å². The lowest BCUT2D eigenvalue weighted by Gasteiger charge is -2.08. The SMILES string of the molecule is Cc1ccc(O)c(Cn2c(N)nc3c(C)cccc32)n1. The topological polar surface area (TPSA) is 77.0 Å². The predicted octanol–water partition coefficient (Wildman–Crippen LogP) is 2.38. The maximum atomic E-state index is 9.91. The van der Waals surface area contributed by atoms with Crippen LogP contribution in [0.2, 0.25) is 0 Å². The van der Waals surface area contributed by atoms with Crippen LogP contribution < -0.4 is 5.73 Å². The fourth-order valence-corrected chi connectivity index (χ4v) is 2.34. The summed E-state index contributed by atoms with van der Waals surface area (Å²) >= 11 is 0. The third kappa shape index (κ3) is 1.97. The van der Waals surface area contributed by atoms with Crippen molar-refractivity contribution in [2.45, 2.75) is 20.4 Å². The van der Waals surface area contributed by atoms with Crippen LogP contribution in [-0.4, -0.2) is 19.6 Å². The normalized spacial score (nSPS) is 11.1. The number of benzene rings is 1. The fourth-order valence-electron chi connectivity index (χ4n) is 2.34. The van der Waals surface area contributed by atoms with Gasteiger partial charge in [0.1, 0.15) is 11.4 Å². The molecule has 0 aliphatic rings. The quantitative estimate of drug-likeness (QED) is 0.748. The largest absolute Gasteiger partial charge is 0.506 e. The van der Waals surface area contributed by atoms with Crippen molar-refractivity contribution in [3.05, 3.63) is 47.3 Å². The van der Waals surface area contributed by atoms with E-state index in [2.05, 4.69) is 9.97 Å². The van der Waals surface area contributed by atoms with Crippen LogP contribution in [0.5, 0.6) is 5.75 Å². The van der Waals surface area contributed by atoms with Gasteiger partial charge in [0.25, 0.3) is 0 Å². The number of nitrogen functional groups attached to an aromatic ring is 1. The van der Waals surface area contributed by atoms with E-state index in [1.807, 2.05) is 36.6 Å². The summed E-state index contributed by atoms with van der Waals surface area (Å²) in [6, 6.07) is 9.37. The number of aromatic hydroxyl groups is 1. The summed E-state index contributed by atoms with van der Waals surface area (Å²) in [4.78, 5) is 8.76. The van der Waals surface area contributed by atoms with Gasteiger partial charge in [-0.05, 0) is 37.6 Å². The number of para-hydroxylation sites is 1. The highest BCUT2D eigenvalue weighted by molar-refractivity contribution is 5.81. The summed E-state index contributed by atoms with van der Waals surface area (Å²) in [5, 5.41) is 9.91. The summed E-state index contributed by atoms with van der Waals surface area (Å²) in [5.74, 6) is 0.599.